The second-order valence-electron chi connectivity index (χ2n) is 2.54. The minimum absolute atomic E-state index is 0.234. The molecule has 1 atom stereocenters. The first kappa shape index (κ1) is 11.1. The molecule has 2 heteroatoms. The van der Waals surface area contributed by atoms with Crippen LogP contribution in [0, 0.1) is 0 Å². The van der Waals surface area contributed by atoms with Crippen LogP contribution in [0.25, 0.3) is 0 Å². The number of benzene rings is 1. The van der Waals surface area contributed by atoms with Gasteiger partial charge in [-0.15, -0.1) is 0 Å². The summed E-state index contributed by atoms with van der Waals surface area (Å²) in [4.78, 5) is 0. The third kappa shape index (κ3) is 4.88. The molecule has 0 amide bonds. The SMILES string of the molecule is CO.C[C@H](O)Cc1ccccc1. The third-order valence-electron chi connectivity index (χ3n) is 1.37. The van der Waals surface area contributed by atoms with E-state index in [1.54, 1.807) is 6.92 Å². The summed E-state index contributed by atoms with van der Waals surface area (Å²) in [6.45, 7) is 1.80. The molecule has 2 nitrogen and oxygen atoms in total. The minimum atomic E-state index is -0.234. The van der Waals surface area contributed by atoms with Crippen LogP contribution >= 0.6 is 0 Å². The number of hydrogen-bond donors (Lipinski definition) is 2. The van der Waals surface area contributed by atoms with E-state index in [-0.39, 0.29) is 6.10 Å². The lowest BCUT2D eigenvalue weighted by atomic mass is 10.1. The molecule has 0 unspecified atom stereocenters. The van der Waals surface area contributed by atoms with Crippen molar-refractivity contribution in [2.75, 3.05) is 7.11 Å². The maximum absolute atomic E-state index is 9.01. The van der Waals surface area contributed by atoms with Crippen molar-refractivity contribution in [3.63, 3.8) is 0 Å². The van der Waals surface area contributed by atoms with Crippen molar-refractivity contribution in [2.45, 2.75) is 19.4 Å². The van der Waals surface area contributed by atoms with Gasteiger partial charge in [-0.2, -0.15) is 0 Å². The van der Waals surface area contributed by atoms with E-state index >= 15 is 0 Å². The molecule has 12 heavy (non-hydrogen) atoms. The van der Waals surface area contributed by atoms with Gasteiger partial charge in [0.25, 0.3) is 0 Å². The molecule has 0 heterocycles. The number of hydrogen-bond acceptors (Lipinski definition) is 2. The molecule has 0 radical (unpaired) electrons. The summed E-state index contributed by atoms with van der Waals surface area (Å²) >= 11 is 0. The Morgan fingerprint density at radius 1 is 1.17 bits per heavy atom. The summed E-state index contributed by atoms with van der Waals surface area (Å²) in [6.07, 6.45) is 0.517. The van der Waals surface area contributed by atoms with Gasteiger partial charge in [0.05, 0.1) is 6.10 Å². The number of rotatable bonds is 2. The lowest BCUT2D eigenvalue weighted by molar-refractivity contribution is 0.195. The summed E-state index contributed by atoms with van der Waals surface area (Å²) < 4.78 is 0. The van der Waals surface area contributed by atoms with E-state index in [1.807, 2.05) is 30.3 Å². The Bertz CT molecular complexity index is 182. The van der Waals surface area contributed by atoms with Crippen molar-refractivity contribution in [3.05, 3.63) is 35.9 Å². The average Bonchev–Trinajstić information content (AvgIpc) is 2.08. The largest absolute Gasteiger partial charge is 0.400 e. The van der Waals surface area contributed by atoms with E-state index in [0.717, 1.165) is 13.5 Å². The fourth-order valence-electron chi connectivity index (χ4n) is 0.955. The molecule has 0 aliphatic heterocycles. The monoisotopic (exact) mass is 168 g/mol. The normalized spacial score (nSPS) is 11.3. The second-order valence-corrected chi connectivity index (χ2v) is 2.54. The van der Waals surface area contributed by atoms with Crippen molar-refractivity contribution in [1.82, 2.24) is 0 Å². The van der Waals surface area contributed by atoms with Gasteiger partial charge in [-0.3, -0.25) is 0 Å². The Morgan fingerprint density at radius 3 is 2.08 bits per heavy atom. The van der Waals surface area contributed by atoms with E-state index in [0.29, 0.717) is 0 Å². The lowest BCUT2D eigenvalue weighted by Crippen LogP contribution is -2.03. The fraction of sp³-hybridized carbons (Fsp3) is 0.400. The van der Waals surface area contributed by atoms with Crippen molar-refractivity contribution in [3.8, 4) is 0 Å². The van der Waals surface area contributed by atoms with Crippen molar-refractivity contribution < 1.29 is 10.2 Å². The highest BCUT2D eigenvalue weighted by Gasteiger charge is 1.95. The molecule has 1 aromatic carbocycles. The van der Waals surface area contributed by atoms with Crippen molar-refractivity contribution >= 4 is 0 Å². The second kappa shape index (κ2) is 6.83. The molecule has 0 saturated heterocycles. The molecule has 0 aromatic heterocycles. The summed E-state index contributed by atoms with van der Waals surface area (Å²) in [7, 11) is 1.00. The first-order chi connectivity index (χ1) is 5.79. The molecular weight excluding hydrogens is 152 g/mol. The van der Waals surface area contributed by atoms with Crippen LogP contribution in [0.4, 0.5) is 0 Å². The summed E-state index contributed by atoms with van der Waals surface area (Å²) in [5.41, 5.74) is 1.19. The summed E-state index contributed by atoms with van der Waals surface area (Å²) in [5.74, 6) is 0. The van der Waals surface area contributed by atoms with E-state index in [4.69, 9.17) is 10.2 Å². The average molecular weight is 168 g/mol. The molecule has 2 N–H and O–H groups in total. The zero-order chi connectivity index (χ0) is 9.40. The molecule has 1 aromatic rings. The molecule has 68 valence electrons. The Hall–Kier alpha value is -0.860. The predicted octanol–water partition coefficient (Wildman–Crippen LogP) is 1.22. The molecule has 0 bridgehead atoms. The van der Waals surface area contributed by atoms with Crippen LogP contribution in [-0.4, -0.2) is 23.4 Å². The van der Waals surface area contributed by atoms with Crippen LogP contribution in [-0.2, 0) is 6.42 Å². The predicted molar refractivity (Wildman–Crippen MR) is 50.0 cm³/mol. The van der Waals surface area contributed by atoms with E-state index in [2.05, 4.69) is 0 Å². The van der Waals surface area contributed by atoms with Gasteiger partial charge in [0.2, 0.25) is 0 Å². The highest BCUT2D eigenvalue weighted by molar-refractivity contribution is 5.15. The highest BCUT2D eigenvalue weighted by Crippen LogP contribution is 2.01. The van der Waals surface area contributed by atoms with Crippen molar-refractivity contribution in [2.24, 2.45) is 0 Å². The van der Waals surface area contributed by atoms with Gasteiger partial charge >= 0.3 is 0 Å². The van der Waals surface area contributed by atoms with Crippen LogP contribution in [0.2, 0.25) is 0 Å². The molecule has 0 fully saturated rings. The van der Waals surface area contributed by atoms with E-state index < -0.39 is 0 Å². The maximum atomic E-state index is 9.01. The quantitative estimate of drug-likeness (QED) is 0.697. The summed E-state index contributed by atoms with van der Waals surface area (Å²) in [5, 5.41) is 16.0. The van der Waals surface area contributed by atoms with Crippen molar-refractivity contribution in [1.29, 1.82) is 0 Å². The topological polar surface area (TPSA) is 40.5 Å². The zero-order valence-corrected chi connectivity index (χ0v) is 7.57. The van der Waals surface area contributed by atoms with Gasteiger partial charge in [0.15, 0.2) is 0 Å². The molecular formula is C10H16O2. The van der Waals surface area contributed by atoms with E-state index in [9.17, 15) is 0 Å². The Balaban J connectivity index is 0.000000561. The molecule has 0 aliphatic rings. The standard InChI is InChI=1S/C9H12O.CH4O/c1-8(10)7-9-5-3-2-4-6-9;1-2/h2-6,8,10H,7H2,1H3;2H,1H3/t8-;/m0./s1. The minimum Gasteiger partial charge on any atom is -0.400 e. The van der Waals surface area contributed by atoms with Gasteiger partial charge < -0.3 is 10.2 Å². The van der Waals surface area contributed by atoms with Gasteiger partial charge in [-0.1, -0.05) is 30.3 Å². The van der Waals surface area contributed by atoms with Crippen LogP contribution in [0.5, 0.6) is 0 Å². The van der Waals surface area contributed by atoms with Gasteiger partial charge in [-0.25, -0.2) is 0 Å². The Labute approximate surface area is 73.5 Å². The molecule has 0 aliphatic carbocycles. The van der Waals surface area contributed by atoms with Crippen LogP contribution in [0.15, 0.2) is 30.3 Å². The molecule has 1 rings (SSSR count). The zero-order valence-electron chi connectivity index (χ0n) is 7.57. The number of aliphatic hydroxyl groups excluding tert-OH is 2. The van der Waals surface area contributed by atoms with Crippen LogP contribution < -0.4 is 0 Å². The van der Waals surface area contributed by atoms with Gasteiger partial charge in [0, 0.05) is 7.11 Å². The molecule has 0 saturated carbocycles. The lowest BCUT2D eigenvalue weighted by Gasteiger charge is -2.01. The van der Waals surface area contributed by atoms with Crippen LogP contribution in [0.1, 0.15) is 12.5 Å². The van der Waals surface area contributed by atoms with Crippen LogP contribution in [0.3, 0.4) is 0 Å². The Morgan fingerprint density at radius 2 is 1.67 bits per heavy atom. The first-order valence-electron chi connectivity index (χ1n) is 3.96. The van der Waals surface area contributed by atoms with E-state index in [1.165, 1.54) is 5.56 Å². The Kier molecular flexibility index (Phi) is 6.34. The molecule has 0 spiro atoms. The highest BCUT2D eigenvalue weighted by atomic mass is 16.3. The number of aliphatic hydroxyl groups is 2. The van der Waals surface area contributed by atoms with Gasteiger partial charge in [-0.05, 0) is 18.9 Å². The maximum Gasteiger partial charge on any atom is 0.0552 e. The summed E-state index contributed by atoms with van der Waals surface area (Å²) in [6, 6.07) is 9.99. The fourth-order valence-corrected chi connectivity index (χ4v) is 0.955. The first-order valence-corrected chi connectivity index (χ1v) is 3.96. The van der Waals surface area contributed by atoms with Gasteiger partial charge in [0.1, 0.15) is 0 Å². The smallest absolute Gasteiger partial charge is 0.0552 e. The third-order valence-corrected chi connectivity index (χ3v) is 1.37.